The highest BCUT2D eigenvalue weighted by Crippen LogP contribution is 2.66. The molecule has 3 aromatic heterocycles. The van der Waals surface area contributed by atoms with E-state index in [0.717, 1.165) is 139 Å². The molecular formula is C85H102N6O12. The fourth-order valence-electron chi connectivity index (χ4n) is 21.2. The van der Waals surface area contributed by atoms with Gasteiger partial charge in [-0.2, -0.15) is 0 Å². The van der Waals surface area contributed by atoms with Gasteiger partial charge in [-0.25, -0.2) is 0 Å². The van der Waals surface area contributed by atoms with Gasteiger partial charge in [0.2, 0.25) is 0 Å². The van der Waals surface area contributed by atoms with Gasteiger partial charge in [0.15, 0.2) is 17.3 Å². The molecule has 18 heteroatoms. The van der Waals surface area contributed by atoms with E-state index in [4.69, 9.17) is 28.4 Å². The summed E-state index contributed by atoms with van der Waals surface area (Å²) in [7, 11) is 12.3. The van der Waals surface area contributed by atoms with Gasteiger partial charge in [0.1, 0.15) is 53.9 Å². The second-order valence-electron chi connectivity index (χ2n) is 33.3. The van der Waals surface area contributed by atoms with Crippen molar-refractivity contribution in [2.75, 3.05) is 61.9 Å². The van der Waals surface area contributed by atoms with Crippen molar-refractivity contribution in [2.45, 2.75) is 179 Å². The largest absolute Gasteiger partial charge is 0.489 e. The van der Waals surface area contributed by atoms with Crippen LogP contribution < -0.4 is 0 Å². The van der Waals surface area contributed by atoms with Crippen molar-refractivity contribution in [2.24, 2.45) is 51.8 Å². The molecule has 0 saturated heterocycles. The molecule has 5 fully saturated rings. The molecule has 6 heterocycles. The molecule has 0 amide bonds. The Kier molecular flexibility index (Phi) is 20.0. The molecule has 0 bridgehead atoms. The Morgan fingerprint density at radius 2 is 0.913 bits per heavy atom. The maximum absolute atomic E-state index is 13.0. The Morgan fingerprint density at radius 3 is 1.37 bits per heavy atom. The number of fused-ring (bicyclic) bond motifs is 10. The molecule has 5 saturated carbocycles. The summed E-state index contributed by atoms with van der Waals surface area (Å²) >= 11 is 0. The van der Waals surface area contributed by atoms with Crippen molar-refractivity contribution in [3.05, 3.63) is 183 Å². The number of ketones is 3. The lowest BCUT2D eigenvalue weighted by molar-refractivity contribution is -0.148. The van der Waals surface area contributed by atoms with E-state index in [-0.39, 0.29) is 141 Å². The maximum Gasteiger partial charge on any atom is 0.302 e. The molecule has 4 aromatic rings. The Bertz CT molecular complexity index is 4250. The summed E-state index contributed by atoms with van der Waals surface area (Å²) in [5.41, 5.74) is 8.78. The summed E-state index contributed by atoms with van der Waals surface area (Å²) in [6.07, 6.45) is 30.9. The fourth-order valence-corrected chi connectivity index (χ4v) is 21.2. The Hall–Kier alpha value is -8.19. The molecule has 0 spiro atoms. The molecule has 18 nitrogen and oxygen atoms in total. The van der Waals surface area contributed by atoms with Gasteiger partial charge in [-0.1, -0.05) is 63.3 Å². The van der Waals surface area contributed by atoms with Gasteiger partial charge < -0.3 is 43.1 Å². The fraction of sp³-hybridized carbons (Fsp3) is 0.541. The van der Waals surface area contributed by atoms with Crippen molar-refractivity contribution in [1.82, 2.24) is 29.7 Å². The first-order chi connectivity index (χ1) is 49.2. The monoisotopic (exact) mass is 1400 g/mol. The number of rotatable bonds is 12. The number of benzene rings is 1. The number of carbonyl (C=O) groups is 6. The van der Waals surface area contributed by atoms with Gasteiger partial charge >= 0.3 is 17.9 Å². The second-order valence-corrected chi connectivity index (χ2v) is 33.3. The number of Topliss-reactive ketones (excluding diaryl/α,β-unsaturated/α-hetero) is 3. The second kappa shape index (κ2) is 28.7. The Balaban J connectivity index is 0.000000131. The third-order valence-electron chi connectivity index (χ3n) is 25.2. The smallest absolute Gasteiger partial charge is 0.302 e. The highest BCUT2D eigenvalue weighted by Gasteiger charge is 2.63. The Morgan fingerprint density at radius 1 is 0.485 bits per heavy atom. The van der Waals surface area contributed by atoms with Gasteiger partial charge in [-0.05, 0) is 191 Å². The molecule has 0 N–H and O–H groups in total. The van der Waals surface area contributed by atoms with E-state index in [2.05, 4.69) is 119 Å². The first kappa shape index (κ1) is 71.8. The lowest BCUT2D eigenvalue weighted by Crippen LogP contribution is -2.44. The van der Waals surface area contributed by atoms with Gasteiger partial charge in [0.05, 0.1) is 16.7 Å². The number of esters is 3. The van der Waals surface area contributed by atoms with Gasteiger partial charge in [-0.3, -0.25) is 43.7 Å². The van der Waals surface area contributed by atoms with Crippen molar-refractivity contribution >= 4 is 46.0 Å². The van der Waals surface area contributed by atoms with Crippen LogP contribution in [0.1, 0.15) is 159 Å². The number of hydrogen-bond acceptors (Lipinski definition) is 18. The molecule has 16 rings (SSSR count). The van der Waals surface area contributed by atoms with E-state index in [1.165, 1.54) is 37.5 Å². The van der Waals surface area contributed by atoms with Crippen LogP contribution in [0.3, 0.4) is 0 Å². The Labute approximate surface area is 606 Å². The predicted molar refractivity (Wildman–Crippen MR) is 390 cm³/mol. The third-order valence-corrected chi connectivity index (χ3v) is 25.2. The van der Waals surface area contributed by atoms with Crippen molar-refractivity contribution < 1.29 is 57.2 Å². The average molecular weight is 1400 g/mol. The quantitative estimate of drug-likeness (QED) is 0.0954. The van der Waals surface area contributed by atoms with Crippen LogP contribution in [0.25, 0.3) is 10.8 Å². The maximum atomic E-state index is 13.0. The number of allylic oxidation sites excluding steroid dienone is 10. The number of nitrogens with zero attached hydrogens (tertiary/aromatic N) is 6. The van der Waals surface area contributed by atoms with Crippen LogP contribution >= 0.6 is 0 Å². The summed E-state index contributed by atoms with van der Waals surface area (Å²) in [5, 5.41) is 2.25. The predicted octanol–water partition coefficient (Wildman–Crippen LogP) is 13.0. The first-order valence-corrected chi connectivity index (χ1v) is 37.4. The number of hydrogen-bond donors (Lipinski definition) is 0. The van der Waals surface area contributed by atoms with Gasteiger partial charge in [0.25, 0.3) is 0 Å². The third kappa shape index (κ3) is 14.0. The molecule has 18 atom stereocenters. The zero-order valence-corrected chi connectivity index (χ0v) is 62.0. The van der Waals surface area contributed by atoms with Gasteiger partial charge in [0, 0.05) is 162 Å². The van der Waals surface area contributed by atoms with E-state index in [0.29, 0.717) is 25.7 Å². The van der Waals surface area contributed by atoms with E-state index in [1.54, 1.807) is 12.4 Å². The number of aromatic nitrogens is 3. The van der Waals surface area contributed by atoms with Crippen LogP contribution in [0, 0.1) is 51.8 Å². The molecule has 544 valence electrons. The summed E-state index contributed by atoms with van der Waals surface area (Å²) in [6.45, 7) is 14.0. The lowest BCUT2D eigenvalue weighted by Gasteiger charge is -2.48. The highest BCUT2D eigenvalue weighted by molar-refractivity contribution is 6.01. The topological polar surface area (TPSA) is 206 Å². The van der Waals surface area contributed by atoms with Crippen molar-refractivity contribution in [3.8, 4) is 0 Å². The summed E-state index contributed by atoms with van der Waals surface area (Å²) in [5.74, 6) is 3.93. The molecule has 103 heavy (non-hydrogen) atoms. The molecular weight excluding hydrogens is 1300 g/mol. The molecule has 6 unspecified atom stereocenters. The molecule has 12 aliphatic rings. The van der Waals surface area contributed by atoms with Crippen LogP contribution in [-0.4, -0.2) is 163 Å². The van der Waals surface area contributed by atoms with E-state index in [9.17, 15) is 28.8 Å². The molecule has 3 aliphatic heterocycles. The molecule has 1 aromatic carbocycles. The van der Waals surface area contributed by atoms with Crippen LogP contribution in [0.2, 0.25) is 0 Å². The van der Waals surface area contributed by atoms with Crippen LogP contribution in [-0.2, 0) is 57.2 Å². The van der Waals surface area contributed by atoms with Crippen molar-refractivity contribution in [3.63, 3.8) is 0 Å². The number of carbonyl (C=O) groups excluding carboxylic acids is 6. The SMILES string of the molecule is CC(=O)OC1C[C@H]2[C@@H]3OC4=C(C=C3C=C[C@]2(C)[C@H]1c1cccnc1)C(=O)CC(CN(C)C)C4.CC(=O)OC1C[C@H]2[C@@H]3OC4=C(C=C3CC[C@]2(C)[C@H]1c1ccc2cnccc2c1)C(=O)CC(CN(C)C)C4.CC(=O)OC1C[C@H]2[C@@H]3OC4=C(C=C3CC[C@]2(C)[C@H]1c1cccnc1)C(=O)CC(CN(C)C)C4. The summed E-state index contributed by atoms with van der Waals surface area (Å²) in [6, 6.07) is 16.6. The van der Waals surface area contributed by atoms with E-state index < -0.39 is 0 Å². The minimum atomic E-state index is -0.269. The zero-order chi connectivity index (χ0) is 72.6. The molecule has 9 aliphatic carbocycles. The standard InChI is InChI=1S/C31H36N2O4.C27H34N2O4.C27H32N2O4/c1-18(34)36-28-15-25-30-22(14-24-26(35)11-19(17-33(3)4)12-27(24)37-30)7-9-31(25,2)29(28)21-5-6-23-16-32-10-8-20(23)13-21;2*1-16(30)32-24-13-21-26-18(7-8-27(21,2)25(24)19-6-5-9-28-14-19)12-20-22(31)10-17(15-29(3)4)11-23(20)33-26/h5-6,8,10,13-14,16,19,25,28-30H,7,9,11-12,15,17H2,1-4H3;5-6,9,12,14,17,21,24-26H,7-8,10-11,13,15H2,1-4H3;5-9,12,14,17,21,24-26H,10-11,13,15H2,1-4H3/t19?,25-,28?,29-,30+,31-;2*17?,21-,24?,25-,26+,27-/m000/s1. The summed E-state index contributed by atoms with van der Waals surface area (Å²) < 4.78 is 37.9. The molecule has 0 radical (unpaired) electrons. The summed E-state index contributed by atoms with van der Waals surface area (Å²) in [4.78, 5) is 94.4. The highest BCUT2D eigenvalue weighted by atomic mass is 16.6. The normalized spacial score (nSPS) is 34.3. The minimum absolute atomic E-state index is 0.00801. The minimum Gasteiger partial charge on any atom is -0.489 e. The number of ether oxygens (including phenoxy) is 6. The van der Waals surface area contributed by atoms with Crippen molar-refractivity contribution in [1.29, 1.82) is 0 Å². The first-order valence-electron chi connectivity index (χ1n) is 37.4. The van der Waals surface area contributed by atoms with E-state index in [1.807, 2.05) is 77.3 Å². The van der Waals surface area contributed by atoms with Crippen LogP contribution in [0.4, 0.5) is 0 Å². The van der Waals surface area contributed by atoms with E-state index >= 15 is 0 Å². The lowest BCUT2D eigenvalue weighted by atomic mass is 9.61. The van der Waals surface area contributed by atoms with Gasteiger partial charge in [-0.15, -0.1) is 0 Å². The average Bonchev–Trinajstić information content (AvgIpc) is 1.67. The zero-order valence-electron chi connectivity index (χ0n) is 62.0. The van der Waals surface area contributed by atoms with Crippen LogP contribution in [0.15, 0.2) is 167 Å². The number of pyridine rings is 3. The van der Waals surface area contributed by atoms with Crippen LogP contribution in [0.5, 0.6) is 0 Å².